The van der Waals surface area contributed by atoms with E-state index in [1.54, 1.807) is 0 Å². The van der Waals surface area contributed by atoms with Gasteiger partial charge < -0.3 is 10.8 Å². The SMILES string of the molecule is CCCN(CCC1CCCC1(N)C(=O)O)CC(F)(F)F. The first-order chi connectivity index (χ1) is 9.19. The van der Waals surface area contributed by atoms with E-state index >= 15 is 0 Å². The molecule has 20 heavy (non-hydrogen) atoms. The van der Waals surface area contributed by atoms with E-state index in [1.165, 1.54) is 4.90 Å². The van der Waals surface area contributed by atoms with Crippen LogP contribution in [0.25, 0.3) is 0 Å². The molecule has 0 spiro atoms. The Morgan fingerprint density at radius 3 is 2.60 bits per heavy atom. The van der Waals surface area contributed by atoms with Gasteiger partial charge in [0.1, 0.15) is 5.54 Å². The molecule has 0 aromatic heterocycles. The Morgan fingerprint density at radius 1 is 1.45 bits per heavy atom. The number of hydrogen-bond acceptors (Lipinski definition) is 3. The number of carbonyl (C=O) groups is 1. The summed E-state index contributed by atoms with van der Waals surface area (Å²) in [7, 11) is 0. The van der Waals surface area contributed by atoms with Crippen molar-refractivity contribution in [3.8, 4) is 0 Å². The van der Waals surface area contributed by atoms with Gasteiger partial charge in [0.2, 0.25) is 0 Å². The maximum Gasteiger partial charge on any atom is 0.401 e. The van der Waals surface area contributed by atoms with Gasteiger partial charge in [-0.3, -0.25) is 9.69 Å². The Bertz CT molecular complexity index is 336. The number of hydrogen-bond donors (Lipinski definition) is 2. The van der Waals surface area contributed by atoms with Gasteiger partial charge in [-0.25, -0.2) is 0 Å². The molecule has 0 heterocycles. The highest BCUT2D eigenvalue weighted by molar-refractivity contribution is 5.79. The quantitative estimate of drug-likeness (QED) is 0.756. The number of alkyl halides is 3. The van der Waals surface area contributed by atoms with Crippen LogP contribution in [-0.4, -0.2) is 47.3 Å². The van der Waals surface area contributed by atoms with Gasteiger partial charge in [0, 0.05) is 0 Å². The zero-order chi connectivity index (χ0) is 15.4. The van der Waals surface area contributed by atoms with Gasteiger partial charge in [0.25, 0.3) is 0 Å². The lowest BCUT2D eigenvalue weighted by atomic mass is 9.85. The minimum Gasteiger partial charge on any atom is -0.480 e. The van der Waals surface area contributed by atoms with E-state index in [9.17, 15) is 23.1 Å². The van der Waals surface area contributed by atoms with Crippen LogP contribution in [0.5, 0.6) is 0 Å². The fourth-order valence-electron chi connectivity index (χ4n) is 2.96. The summed E-state index contributed by atoms with van der Waals surface area (Å²) >= 11 is 0. The second kappa shape index (κ2) is 6.76. The smallest absolute Gasteiger partial charge is 0.401 e. The normalized spacial score (nSPS) is 27.2. The molecule has 0 aromatic rings. The summed E-state index contributed by atoms with van der Waals surface area (Å²) in [5.74, 6) is -1.29. The summed E-state index contributed by atoms with van der Waals surface area (Å²) in [6.45, 7) is 1.47. The van der Waals surface area contributed by atoms with Crippen LogP contribution >= 0.6 is 0 Å². The van der Waals surface area contributed by atoms with Gasteiger partial charge in [-0.15, -0.1) is 0 Å². The fraction of sp³-hybridized carbons (Fsp3) is 0.923. The Labute approximate surface area is 117 Å². The Morgan fingerprint density at radius 2 is 2.10 bits per heavy atom. The Balaban J connectivity index is 2.56. The Hall–Kier alpha value is -0.820. The summed E-state index contributed by atoms with van der Waals surface area (Å²) < 4.78 is 37.3. The molecule has 3 N–H and O–H groups in total. The summed E-state index contributed by atoms with van der Waals surface area (Å²) in [5.41, 5.74) is 4.63. The van der Waals surface area contributed by atoms with E-state index in [1.807, 2.05) is 6.92 Å². The predicted molar refractivity (Wildman–Crippen MR) is 69.3 cm³/mol. The van der Waals surface area contributed by atoms with E-state index in [0.717, 1.165) is 6.42 Å². The van der Waals surface area contributed by atoms with Crippen LogP contribution in [0, 0.1) is 5.92 Å². The third-order valence-electron chi connectivity index (χ3n) is 4.01. The largest absolute Gasteiger partial charge is 0.480 e. The van der Waals surface area contributed by atoms with Gasteiger partial charge in [-0.2, -0.15) is 13.2 Å². The molecule has 1 rings (SSSR count). The molecule has 0 aromatic carbocycles. The first-order valence-corrected chi connectivity index (χ1v) is 7.00. The van der Waals surface area contributed by atoms with E-state index < -0.39 is 24.2 Å². The average molecular weight is 296 g/mol. The molecule has 0 radical (unpaired) electrons. The highest BCUT2D eigenvalue weighted by atomic mass is 19.4. The minimum atomic E-state index is -4.22. The molecule has 1 aliphatic rings. The van der Waals surface area contributed by atoms with Crippen molar-refractivity contribution in [2.75, 3.05) is 19.6 Å². The van der Waals surface area contributed by atoms with Gasteiger partial charge in [0.05, 0.1) is 6.54 Å². The number of nitrogens with zero attached hydrogens (tertiary/aromatic N) is 1. The molecule has 2 atom stereocenters. The predicted octanol–water partition coefficient (Wildman–Crippen LogP) is 2.23. The number of halogens is 3. The van der Waals surface area contributed by atoms with Crippen molar-refractivity contribution in [2.24, 2.45) is 11.7 Å². The number of rotatable bonds is 7. The summed E-state index contributed by atoms with van der Waals surface area (Å²) in [5, 5.41) is 9.18. The number of aliphatic carboxylic acids is 1. The monoisotopic (exact) mass is 296 g/mol. The first kappa shape index (κ1) is 17.2. The standard InChI is InChI=1S/C13H23F3N2O2/c1-2-7-18(9-13(14,15)16)8-5-10-4-3-6-12(10,17)11(19)20/h10H,2-9,17H2,1H3,(H,19,20). The van der Waals surface area contributed by atoms with Gasteiger partial charge in [0.15, 0.2) is 0 Å². The zero-order valence-corrected chi connectivity index (χ0v) is 11.7. The van der Waals surface area contributed by atoms with Crippen LogP contribution in [0.2, 0.25) is 0 Å². The molecule has 1 fully saturated rings. The van der Waals surface area contributed by atoms with Crippen LogP contribution in [0.1, 0.15) is 39.0 Å². The van der Waals surface area contributed by atoms with Crippen LogP contribution in [0.3, 0.4) is 0 Å². The second-order valence-corrected chi connectivity index (χ2v) is 5.61. The third-order valence-corrected chi connectivity index (χ3v) is 4.01. The van der Waals surface area contributed by atoms with Crippen molar-refractivity contribution in [1.82, 2.24) is 4.90 Å². The molecule has 2 unspecified atom stereocenters. The third kappa shape index (κ3) is 4.63. The van der Waals surface area contributed by atoms with E-state index in [4.69, 9.17) is 5.73 Å². The zero-order valence-electron chi connectivity index (χ0n) is 11.7. The Kier molecular flexibility index (Phi) is 5.82. The average Bonchev–Trinajstić information content (AvgIpc) is 2.67. The lowest BCUT2D eigenvalue weighted by Crippen LogP contribution is -2.51. The molecule has 4 nitrogen and oxygen atoms in total. The van der Waals surface area contributed by atoms with E-state index in [2.05, 4.69) is 0 Å². The number of carboxylic acids is 1. The molecule has 0 aliphatic heterocycles. The second-order valence-electron chi connectivity index (χ2n) is 5.61. The van der Waals surface area contributed by atoms with Gasteiger partial charge in [-0.05, 0) is 44.7 Å². The van der Waals surface area contributed by atoms with Crippen molar-refractivity contribution in [3.63, 3.8) is 0 Å². The van der Waals surface area contributed by atoms with E-state index in [-0.39, 0.29) is 12.5 Å². The molecule has 7 heteroatoms. The van der Waals surface area contributed by atoms with Crippen molar-refractivity contribution < 1.29 is 23.1 Å². The molecule has 1 aliphatic carbocycles. The van der Waals surface area contributed by atoms with Gasteiger partial charge >= 0.3 is 12.1 Å². The highest BCUT2D eigenvalue weighted by Gasteiger charge is 2.45. The molecule has 118 valence electrons. The van der Waals surface area contributed by atoms with E-state index in [0.29, 0.717) is 32.2 Å². The fourth-order valence-corrected chi connectivity index (χ4v) is 2.96. The summed E-state index contributed by atoms with van der Waals surface area (Å²) in [6, 6.07) is 0. The lowest BCUT2D eigenvalue weighted by molar-refractivity contribution is -0.148. The highest BCUT2D eigenvalue weighted by Crippen LogP contribution is 2.36. The minimum absolute atomic E-state index is 0.240. The van der Waals surface area contributed by atoms with Crippen LogP contribution in [0.4, 0.5) is 13.2 Å². The molecular formula is C13H23F3N2O2. The summed E-state index contributed by atoms with van der Waals surface area (Å²) in [6.07, 6.45) is -1.39. The van der Waals surface area contributed by atoms with Crippen molar-refractivity contribution in [2.45, 2.75) is 50.7 Å². The molecule has 0 bridgehead atoms. The van der Waals surface area contributed by atoms with Crippen LogP contribution < -0.4 is 5.73 Å². The van der Waals surface area contributed by atoms with Gasteiger partial charge in [-0.1, -0.05) is 13.3 Å². The van der Waals surface area contributed by atoms with Crippen molar-refractivity contribution in [1.29, 1.82) is 0 Å². The maximum absolute atomic E-state index is 12.4. The maximum atomic E-state index is 12.4. The van der Waals surface area contributed by atoms with Crippen LogP contribution in [0.15, 0.2) is 0 Å². The number of carboxylic acid groups (broad SMARTS) is 1. The van der Waals surface area contributed by atoms with Crippen molar-refractivity contribution >= 4 is 5.97 Å². The number of nitrogens with two attached hydrogens (primary N) is 1. The summed E-state index contributed by atoms with van der Waals surface area (Å²) in [4.78, 5) is 12.5. The van der Waals surface area contributed by atoms with Crippen LogP contribution in [-0.2, 0) is 4.79 Å². The molecule has 0 amide bonds. The molecule has 1 saturated carbocycles. The first-order valence-electron chi connectivity index (χ1n) is 7.00. The molecule has 0 saturated heterocycles. The lowest BCUT2D eigenvalue weighted by Gasteiger charge is -2.30. The molecular weight excluding hydrogens is 273 g/mol. The topological polar surface area (TPSA) is 66.6 Å². The van der Waals surface area contributed by atoms with Crippen molar-refractivity contribution in [3.05, 3.63) is 0 Å².